The largest absolute Gasteiger partial charge is 0.468 e. The quantitative estimate of drug-likeness (QED) is 0.666. The van der Waals surface area contributed by atoms with Gasteiger partial charge in [-0.1, -0.05) is 30.3 Å². The topological polar surface area (TPSA) is 55.4 Å². The van der Waals surface area contributed by atoms with Crippen molar-refractivity contribution < 1.29 is 14.3 Å². The van der Waals surface area contributed by atoms with Crippen LogP contribution in [0.5, 0.6) is 0 Å². The van der Waals surface area contributed by atoms with Gasteiger partial charge in [-0.15, -0.1) is 0 Å². The summed E-state index contributed by atoms with van der Waals surface area (Å²) in [6, 6.07) is 7.00. The van der Waals surface area contributed by atoms with Gasteiger partial charge in [0.2, 0.25) is 0 Å². The van der Waals surface area contributed by atoms with Crippen LogP contribution in [0.25, 0.3) is 6.08 Å². The van der Waals surface area contributed by atoms with Crippen LogP contribution in [0.1, 0.15) is 5.56 Å². The van der Waals surface area contributed by atoms with E-state index in [2.05, 4.69) is 16.6 Å². The molecular formula is C14H12ClNO3. The molecule has 2 rings (SSSR count). The number of methoxy groups -OCH3 is 1. The summed E-state index contributed by atoms with van der Waals surface area (Å²) in [5.74, 6) is -1.64. The van der Waals surface area contributed by atoms with Gasteiger partial charge in [0, 0.05) is 16.3 Å². The van der Waals surface area contributed by atoms with Crippen molar-refractivity contribution in [2.45, 2.75) is 0 Å². The van der Waals surface area contributed by atoms with Crippen molar-refractivity contribution in [2.24, 2.45) is 5.92 Å². The third-order valence-electron chi connectivity index (χ3n) is 2.80. The molecule has 1 atom stereocenters. The maximum Gasteiger partial charge on any atom is 0.319 e. The number of hydrogen-bond donors (Lipinski definition) is 1. The van der Waals surface area contributed by atoms with Gasteiger partial charge in [-0.3, -0.25) is 9.59 Å². The molecule has 5 heteroatoms. The van der Waals surface area contributed by atoms with Crippen LogP contribution in [0.4, 0.5) is 0 Å². The average molecular weight is 278 g/mol. The summed E-state index contributed by atoms with van der Waals surface area (Å²) < 4.78 is 4.69. The zero-order valence-electron chi connectivity index (χ0n) is 10.3. The van der Waals surface area contributed by atoms with E-state index in [4.69, 9.17) is 11.6 Å². The monoisotopic (exact) mass is 277 g/mol. The number of carbonyl (C=O) groups is 2. The lowest BCUT2D eigenvalue weighted by molar-refractivity contribution is -0.142. The summed E-state index contributed by atoms with van der Waals surface area (Å²) in [4.78, 5) is 23.5. The molecule has 1 amide bonds. The fourth-order valence-electron chi connectivity index (χ4n) is 1.92. The van der Waals surface area contributed by atoms with Crippen molar-refractivity contribution in [2.75, 3.05) is 7.11 Å². The van der Waals surface area contributed by atoms with Crippen LogP contribution in [-0.4, -0.2) is 19.0 Å². The normalized spacial score (nSPS) is 20.5. The van der Waals surface area contributed by atoms with Crippen molar-refractivity contribution in [3.8, 4) is 0 Å². The third kappa shape index (κ3) is 2.69. The van der Waals surface area contributed by atoms with E-state index in [1.54, 1.807) is 30.3 Å². The van der Waals surface area contributed by atoms with E-state index in [1.807, 2.05) is 0 Å². The Balaban J connectivity index is 2.43. The first-order valence-corrected chi connectivity index (χ1v) is 5.96. The number of benzene rings is 1. The molecule has 0 aromatic heterocycles. The summed E-state index contributed by atoms with van der Waals surface area (Å²) in [6.07, 6.45) is 1.61. The number of hydrogen-bond acceptors (Lipinski definition) is 3. The lowest BCUT2D eigenvalue weighted by Crippen LogP contribution is -2.17. The zero-order valence-corrected chi connectivity index (χ0v) is 11.0. The first-order chi connectivity index (χ1) is 9.02. The molecule has 98 valence electrons. The van der Waals surface area contributed by atoms with Crippen LogP contribution in [0.15, 0.2) is 42.1 Å². The molecule has 1 saturated heterocycles. The molecule has 0 unspecified atom stereocenters. The van der Waals surface area contributed by atoms with Crippen molar-refractivity contribution in [1.82, 2.24) is 5.32 Å². The van der Waals surface area contributed by atoms with Crippen LogP contribution in [0.2, 0.25) is 5.02 Å². The number of amides is 1. The molecule has 1 fully saturated rings. The van der Waals surface area contributed by atoms with E-state index in [0.29, 0.717) is 16.3 Å². The lowest BCUT2D eigenvalue weighted by Gasteiger charge is -2.08. The lowest BCUT2D eigenvalue weighted by atomic mass is 9.98. The van der Waals surface area contributed by atoms with Gasteiger partial charge in [0.05, 0.1) is 7.11 Å². The molecule has 0 aliphatic carbocycles. The van der Waals surface area contributed by atoms with E-state index in [9.17, 15) is 9.59 Å². The Morgan fingerprint density at radius 3 is 2.89 bits per heavy atom. The summed E-state index contributed by atoms with van der Waals surface area (Å²) in [5.41, 5.74) is 1.37. The van der Waals surface area contributed by atoms with E-state index in [-0.39, 0.29) is 5.91 Å². The second-order valence-corrected chi connectivity index (χ2v) is 4.53. The Labute approximate surface area is 115 Å². The van der Waals surface area contributed by atoms with E-state index in [1.165, 1.54) is 7.11 Å². The second-order valence-electron chi connectivity index (χ2n) is 4.09. The molecule has 1 N–H and O–H groups in total. The molecule has 1 aromatic carbocycles. The molecule has 1 aliphatic heterocycles. The van der Waals surface area contributed by atoms with E-state index >= 15 is 0 Å². The van der Waals surface area contributed by atoms with Crippen LogP contribution >= 0.6 is 11.6 Å². The Hall–Kier alpha value is -2.07. The minimum absolute atomic E-state index is 0.305. The number of carbonyl (C=O) groups excluding carboxylic acids is 2. The highest BCUT2D eigenvalue weighted by molar-refractivity contribution is 6.30. The van der Waals surface area contributed by atoms with Crippen molar-refractivity contribution in [3.05, 3.63) is 52.7 Å². The van der Waals surface area contributed by atoms with Gasteiger partial charge in [-0.2, -0.15) is 0 Å². The van der Waals surface area contributed by atoms with Crippen molar-refractivity contribution in [1.29, 1.82) is 0 Å². The van der Waals surface area contributed by atoms with Crippen LogP contribution in [0, 0.1) is 5.92 Å². The number of halogens is 1. The molecule has 1 heterocycles. The Kier molecular flexibility index (Phi) is 3.71. The Morgan fingerprint density at radius 1 is 1.53 bits per heavy atom. The summed E-state index contributed by atoms with van der Waals surface area (Å²) in [6.45, 7) is 3.66. The van der Waals surface area contributed by atoms with Gasteiger partial charge < -0.3 is 10.1 Å². The van der Waals surface area contributed by atoms with Gasteiger partial charge in [0.15, 0.2) is 0 Å². The SMILES string of the molecule is C=C1NC(=O)/C(=C/c2cccc(Cl)c2)[C@H]1C(=O)OC. The van der Waals surface area contributed by atoms with Gasteiger partial charge >= 0.3 is 5.97 Å². The van der Waals surface area contributed by atoms with Crippen LogP contribution in [-0.2, 0) is 14.3 Å². The fraction of sp³-hybridized carbons (Fsp3) is 0.143. The summed E-state index contributed by atoms with van der Waals surface area (Å²) in [7, 11) is 1.27. The maximum atomic E-state index is 11.8. The highest BCUT2D eigenvalue weighted by atomic mass is 35.5. The molecule has 4 nitrogen and oxygen atoms in total. The molecule has 0 spiro atoms. The average Bonchev–Trinajstić information content (AvgIpc) is 2.63. The molecule has 0 saturated carbocycles. The number of rotatable bonds is 2. The number of esters is 1. The third-order valence-corrected chi connectivity index (χ3v) is 3.04. The second kappa shape index (κ2) is 5.28. The Bertz CT molecular complexity index is 592. The zero-order chi connectivity index (χ0) is 14.0. The fourth-order valence-corrected chi connectivity index (χ4v) is 2.12. The predicted molar refractivity (Wildman–Crippen MR) is 72.2 cm³/mol. The predicted octanol–water partition coefficient (Wildman–Crippen LogP) is 2.16. The van der Waals surface area contributed by atoms with Gasteiger partial charge in [0.25, 0.3) is 5.91 Å². The standard InChI is InChI=1S/C14H12ClNO3/c1-8-12(14(18)19-2)11(13(17)16-8)7-9-4-3-5-10(15)6-9/h3-7,12H,1H2,2H3,(H,16,17)/b11-7+/t12-/m0/s1. The maximum absolute atomic E-state index is 11.8. The van der Waals surface area contributed by atoms with Crippen LogP contribution < -0.4 is 5.32 Å². The number of nitrogens with one attached hydrogen (secondary N) is 1. The highest BCUT2D eigenvalue weighted by Gasteiger charge is 2.37. The first-order valence-electron chi connectivity index (χ1n) is 5.58. The van der Waals surface area contributed by atoms with Gasteiger partial charge in [-0.25, -0.2) is 0 Å². The van der Waals surface area contributed by atoms with Crippen molar-refractivity contribution in [3.63, 3.8) is 0 Å². The van der Waals surface area contributed by atoms with E-state index in [0.717, 1.165) is 5.56 Å². The molecule has 19 heavy (non-hydrogen) atoms. The first kappa shape index (κ1) is 13.4. The van der Waals surface area contributed by atoms with E-state index < -0.39 is 11.9 Å². The minimum atomic E-state index is -0.781. The van der Waals surface area contributed by atoms with Gasteiger partial charge in [0.1, 0.15) is 5.92 Å². The molecule has 1 aromatic rings. The molecule has 0 radical (unpaired) electrons. The Morgan fingerprint density at radius 2 is 2.26 bits per heavy atom. The van der Waals surface area contributed by atoms with Crippen LogP contribution in [0.3, 0.4) is 0 Å². The smallest absolute Gasteiger partial charge is 0.319 e. The molecule has 1 aliphatic rings. The number of ether oxygens (including phenoxy) is 1. The summed E-state index contributed by atoms with van der Waals surface area (Å²) in [5, 5.41) is 3.09. The summed E-state index contributed by atoms with van der Waals surface area (Å²) >= 11 is 5.88. The molecule has 0 bridgehead atoms. The minimum Gasteiger partial charge on any atom is -0.468 e. The van der Waals surface area contributed by atoms with Gasteiger partial charge in [-0.05, 0) is 23.8 Å². The van der Waals surface area contributed by atoms with Crippen molar-refractivity contribution >= 4 is 29.6 Å². The highest BCUT2D eigenvalue weighted by Crippen LogP contribution is 2.28. The molecular weight excluding hydrogens is 266 g/mol.